The van der Waals surface area contributed by atoms with Gasteiger partial charge in [-0.05, 0) is 48.4 Å². The van der Waals surface area contributed by atoms with Crippen molar-refractivity contribution in [3.8, 4) is 28.7 Å². The highest BCUT2D eigenvalue weighted by molar-refractivity contribution is 6.09. The molecule has 3 aromatic carbocycles. The van der Waals surface area contributed by atoms with Gasteiger partial charge in [-0.25, -0.2) is 0 Å². The minimum atomic E-state index is -0.431. The number of carbonyl (C=O) groups is 2. The minimum absolute atomic E-state index is 0.285. The van der Waals surface area contributed by atoms with Crippen LogP contribution in [0.5, 0.6) is 28.7 Å². The third kappa shape index (κ3) is 5.99. The van der Waals surface area contributed by atoms with Gasteiger partial charge in [-0.15, -0.1) is 0 Å². The summed E-state index contributed by atoms with van der Waals surface area (Å²) in [7, 11) is 7.59. The van der Waals surface area contributed by atoms with E-state index >= 15 is 0 Å². The van der Waals surface area contributed by atoms with Gasteiger partial charge in [0.15, 0.2) is 23.0 Å². The molecule has 0 aliphatic heterocycles. The molecule has 0 saturated heterocycles. The fourth-order valence-corrected chi connectivity index (χ4v) is 3.65. The molecular formula is C27H30N2O7. The summed E-state index contributed by atoms with van der Waals surface area (Å²) in [4.78, 5) is 25.9. The van der Waals surface area contributed by atoms with E-state index in [4.69, 9.17) is 23.7 Å². The summed E-state index contributed by atoms with van der Waals surface area (Å²) in [5.74, 6) is 1.61. The molecule has 0 unspecified atom stereocenters. The first-order chi connectivity index (χ1) is 17.4. The normalized spacial score (nSPS) is 10.2. The number of ether oxygens (including phenoxy) is 5. The largest absolute Gasteiger partial charge is 0.493 e. The number of carbonyl (C=O) groups excluding carboxylic acids is 2. The van der Waals surface area contributed by atoms with Gasteiger partial charge in [0.05, 0.1) is 46.8 Å². The summed E-state index contributed by atoms with van der Waals surface area (Å²) in [6, 6.07) is 15.5. The van der Waals surface area contributed by atoms with Crippen molar-refractivity contribution in [3.05, 3.63) is 71.3 Å². The van der Waals surface area contributed by atoms with E-state index in [9.17, 15) is 9.59 Å². The van der Waals surface area contributed by atoms with Gasteiger partial charge in [0.2, 0.25) is 5.75 Å². The van der Waals surface area contributed by atoms with Crippen LogP contribution in [-0.4, -0.2) is 53.9 Å². The summed E-state index contributed by atoms with van der Waals surface area (Å²) in [6.07, 6.45) is 0.589. The first-order valence-electron chi connectivity index (χ1n) is 11.1. The van der Waals surface area contributed by atoms with Crippen LogP contribution in [0.2, 0.25) is 0 Å². The van der Waals surface area contributed by atoms with Crippen molar-refractivity contribution in [1.29, 1.82) is 0 Å². The lowest BCUT2D eigenvalue weighted by molar-refractivity contribution is 0.0955. The lowest BCUT2D eigenvalue weighted by Gasteiger charge is -2.15. The fraction of sp³-hybridized carbons (Fsp3) is 0.259. The van der Waals surface area contributed by atoms with Gasteiger partial charge in [-0.2, -0.15) is 0 Å². The smallest absolute Gasteiger partial charge is 0.255 e. The van der Waals surface area contributed by atoms with Crippen LogP contribution in [0.25, 0.3) is 0 Å². The molecule has 2 N–H and O–H groups in total. The van der Waals surface area contributed by atoms with Crippen molar-refractivity contribution in [3.63, 3.8) is 0 Å². The van der Waals surface area contributed by atoms with Crippen molar-refractivity contribution in [2.45, 2.75) is 6.42 Å². The topological polar surface area (TPSA) is 104 Å². The maximum absolute atomic E-state index is 13.0. The van der Waals surface area contributed by atoms with E-state index in [0.717, 1.165) is 5.56 Å². The molecule has 0 atom stereocenters. The zero-order valence-electron chi connectivity index (χ0n) is 21.0. The number of nitrogens with one attached hydrogen (secondary N) is 2. The molecular weight excluding hydrogens is 464 g/mol. The number of anilines is 1. The Kier molecular flexibility index (Phi) is 8.99. The highest BCUT2D eigenvalue weighted by Gasteiger charge is 2.19. The molecule has 0 spiro atoms. The highest BCUT2D eigenvalue weighted by atomic mass is 16.5. The highest BCUT2D eigenvalue weighted by Crippen LogP contribution is 2.38. The molecule has 0 heterocycles. The summed E-state index contributed by atoms with van der Waals surface area (Å²) < 4.78 is 26.5. The van der Waals surface area contributed by atoms with Gasteiger partial charge in [0, 0.05) is 12.1 Å². The van der Waals surface area contributed by atoms with Crippen molar-refractivity contribution in [2.24, 2.45) is 0 Å². The van der Waals surface area contributed by atoms with Crippen molar-refractivity contribution < 1.29 is 33.3 Å². The van der Waals surface area contributed by atoms with E-state index in [1.165, 1.54) is 21.3 Å². The zero-order chi connectivity index (χ0) is 26.1. The number of rotatable bonds is 11. The number of hydrogen-bond donors (Lipinski definition) is 2. The lowest BCUT2D eigenvalue weighted by atomic mass is 10.1. The number of benzene rings is 3. The van der Waals surface area contributed by atoms with Crippen LogP contribution in [0.1, 0.15) is 26.3 Å². The van der Waals surface area contributed by atoms with Gasteiger partial charge < -0.3 is 34.3 Å². The van der Waals surface area contributed by atoms with Crippen LogP contribution >= 0.6 is 0 Å². The number of methoxy groups -OCH3 is 5. The van der Waals surface area contributed by atoms with Crippen molar-refractivity contribution >= 4 is 17.5 Å². The second-order valence-electron chi connectivity index (χ2n) is 7.61. The molecule has 0 saturated carbocycles. The average Bonchev–Trinajstić information content (AvgIpc) is 2.92. The van der Waals surface area contributed by atoms with Gasteiger partial charge in [0.25, 0.3) is 11.8 Å². The molecule has 0 aliphatic rings. The molecule has 0 radical (unpaired) electrons. The molecule has 0 aromatic heterocycles. The maximum atomic E-state index is 13.0. The Morgan fingerprint density at radius 2 is 1.33 bits per heavy atom. The predicted molar refractivity (Wildman–Crippen MR) is 136 cm³/mol. The molecule has 9 nitrogen and oxygen atoms in total. The van der Waals surface area contributed by atoms with Crippen LogP contribution in [0.4, 0.5) is 5.69 Å². The molecule has 3 rings (SSSR count). The molecule has 190 valence electrons. The van der Waals surface area contributed by atoms with E-state index in [0.29, 0.717) is 53.0 Å². The summed E-state index contributed by atoms with van der Waals surface area (Å²) in [5.41, 5.74) is 1.98. The van der Waals surface area contributed by atoms with Gasteiger partial charge in [-0.1, -0.05) is 18.2 Å². The van der Waals surface area contributed by atoms with Crippen molar-refractivity contribution in [2.75, 3.05) is 47.4 Å². The molecule has 9 heteroatoms. The standard InChI is InChI=1S/C27H30N2O7/c1-32-21-11-10-17(14-22(21)33-2)12-13-28-27(31)19-8-6-7-9-20(19)29-26(30)18-15-23(34-3)25(36-5)24(16-18)35-4/h6-11,14-16H,12-13H2,1-5H3,(H,28,31)(H,29,30). The van der Waals surface area contributed by atoms with E-state index in [1.807, 2.05) is 18.2 Å². The predicted octanol–water partition coefficient (Wildman–Crippen LogP) is 3.95. The molecule has 36 heavy (non-hydrogen) atoms. The average molecular weight is 495 g/mol. The minimum Gasteiger partial charge on any atom is -0.493 e. The SMILES string of the molecule is COc1ccc(CCNC(=O)c2ccccc2NC(=O)c2cc(OC)c(OC)c(OC)c2)cc1OC. The second kappa shape index (κ2) is 12.3. The van der Waals surface area contributed by atoms with Crippen LogP contribution in [0.3, 0.4) is 0 Å². The van der Waals surface area contributed by atoms with Crippen LogP contribution in [-0.2, 0) is 6.42 Å². The van der Waals surface area contributed by atoms with E-state index in [1.54, 1.807) is 50.6 Å². The molecule has 0 aliphatic carbocycles. The Morgan fingerprint density at radius 1 is 0.694 bits per heavy atom. The third-order valence-electron chi connectivity index (χ3n) is 5.49. The van der Waals surface area contributed by atoms with Crippen LogP contribution < -0.4 is 34.3 Å². The summed E-state index contributed by atoms with van der Waals surface area (Å²) in [5, 5.41) is 5.70. The molecule has 0 bridgehead atoms. The quantitative estimate of drug-likeness (QED) is 0.416. The Bertz CT molecular complexity index is 1200. The lowest BCUT2D eigenvalue weighted by Crippen LogP contribution is -2.27. The first-order valence-corrected chi connectivity index (χ1v) is 11.1. The molecule has 2 amide bonds. The summed E-state index contributed by atoms with van der Waals surface area (Å²) in [6.45, 7) is 0.392. The number of hydrogen-bond acceptors (Lipinski definition) is 7. The van der Waals surface area contributed by atoms with Gasteiger partial charge >= 0.3 is 0 Å². The van der Waals surface area contributed by atoms with Gasteiger partial charge in [-0.3, -0.25) is 9.59 Å². The van der Waals surface area contributed by atoms with E-state index in [-0.39, 0.29) is 11.5 Å². The Labute approximate surface area is 210 Å². The second-order valence-corrected chi connectivity index (χ2v) is 7.61. The first kappa shape index (κ1) is 26.2. The van der Waals surface area contributed by atoms with Crippen LogP contribution in [0.15, 0.2) is 54.6 Å². The molecule has 0 fully saturated rings. The summed E-state index contributed by atoms with van der Waals surface area (Å²) >= 11 is 0. The Morgan fingerprint density at radius 3 is 1.94 bits per heavy atom. The van der Waals surface area contributed by atoms with Crippen molar-refractivity contribution in [1.82, 2.24) is 5.32 Å². The third-order valence-corrected chi connectivity index (χ3v) is 5.49. The van der Waals surface area contributed by atoms with E-state index < -0.39 is 5.91 Å². The number of para-hydroxylation sites is 1. The van der Waals surface area contributed by atoms with Gasteiger partial charge in [0.1, 0.15) is 0 Å². The maximum Gasteiger partial charge on any atom is 0.255 e. The van der Waals surface area contributed by atoms with Crippen LogP contribution in [0, 0.1) is 0 Å². The molecule has 3 aromatic rings. The number of amides is 2. The Hall–Kier alpha value is -4.40. The monoisotopic (exact) mass is 494 g/mol. The zero-order valence-corrected chi connectivity index (χ0v) is 21.0. The Balaban J connectivity index is 1.71. The fourth-order valence-electron chi connectivity index (χ4n) is 3.65. The van der Waals surface area contributed by atoms with E-state index in [2.05, 4.69) is 10.6 Å².